The predicted molar refractivity (Wildman–Crippen MR) is 76.8 cm³/mol. The summed E-state index contributed by atoms with van der Waals surface area (Å²) in [5.74, 6) is 0. The highest BCUT2D eigenvalue weighted by Crippen LogP contribution is 2.18. The summed E-state index contributed by atoms with van der Waals surface area (Å²) in [4.78, 5) is 0. The normalized spacial score (nSPS) is 13.6. The first kappa shape index (κ1) is 14.5. The first-order valence-electron chi connectivity index (χ1n) is 5.86. The maximum absolute atomic E-state index is 11.2. The standard InChI is InChI=1S/C13H19N3OS/c1-10(18(2)17)6-8-16-12-3-4-13(15)11(9-12)5-7-14/h3-4,9-10,16H,5-6,8,15H2,1-2H3. The Labute approximate surface area is 111 Å². The van der Waals surface area contributed by atoms with Crippen molar-refractivity contribution in [3.63, 3.8) is 0 Å². The molecule has 4 nitrogen and oxygen atoms in total. The van der Waals surface area contributed by atoms with Gasteiger partial charge in [0.05, 0.1) is 12.5 Å². The minimum absolute atomic E-state index is 0.185. The van der Waals surface area contributed by atoms with Gasteiger partial charge in [0.1, 0.15) is 0 Å². The van der Waals surface area contributed by atoms with E-state index in [1.165, 1.54) is 0 Å². The lowest BCUT2D eigenvalue weighted by Gasteiger charge is -2.11. The van der Waals surface area contributed by atoms with Crippen LogP contribution in [0, 0.1) is 11.3 Å². The molecular formula is C13H19N3OS. The molecule has 0 aromatic heterocycles. The van der Waals surface area contributed by atoms with Crippen molar-refractivity contribution in [2.24, 2.45) is 0 Å². The van der Waals surface area contributed by atoms with Crippen LogP contribution >= 0.6 is 0 Å². The van der Waals surface area contributed by atoms with E-state index in [0.29, 0.717) is 12.1 Å². The van der Waals surface area contributed by atoms with Crippen molar-refractivity contribution < 1.29 is 4.21 Å². The van der Waals surface area contributed by atoms with Crippen LogP contribution in [0.3, 0.4) is 0 Å². The van der Waals surface area contributed by atoms with Crippen LogP contribution in [0.2, 0.25) is 0 Å². The second-order valence-corrected chi connectivity index (χ2v) is 6.08. The summed E-state index contributed by atoms with van der Waals surface area (Å²) in [5.41, 5.74) is 8.21. The van der Waals surface area contributed by atoms with Gasteiger partial charge in [0.2, 0.25) is 0 Å². The molecule has 3 N–H and O–H groups in total. The predicted octanol–water partition coefficient (Wildman–Crippen LogP) is 1.90. The summed E-state index contributed by atoms with van der Waals surface area (Å²) in [6, 6.07) is 7.68. The fourth-order valence-corrected chi connectivity index (χ4v) is 1.99. The quantitative estimate of drug-likeness (QED) is 0.770. The third-order valence-corrected chi connectivity index (χ3v) is 4.23. The average molecular weight is 265 g/mol. The van der Waals surface area contributed by atoms with Crippen LogP contribution in [-0.4, -0.2) is 22.3 Å². The van der Waals surface area contributed by atoms with Crippen molar-refractivity contribution in [2.45, 2.75) is 25.0 Å². The largest absolute Gasteiger partial charge is 0.398 e. The molecule has 18 heavy (non-hydrogen) atoms. The number of nitrogens with one attached hydrogen (secondary N) is 1. The molecule has 0 aliphatic carbocycles. The molecule has 2 unspecified atom stereocenters. The maximum Gasteiger partial charge on any atom is 0.0670 e. The summed E-state index contributed by atoms with van der Waals surface area (Å²) in [5, 5.41) is 12.1. The molecule has 1 rings (SSSR count). The lowest BCUT2D eigenvalue weighted by Crippen LogP contribution is -2.14. The van der Waals surface area contributed by atoms with E-state index in [4.69, 9.17) is 11.0 Å². The first-order chi connectivity index (χ1) is 8.54. The molecule has 98 valence electrons. The molecule has 0 heterocycles. The van der Waals surface area contributed by atoms with E-state index in [0.717, 1.165) is 24.2 Å². The van der Waals surface area contributed by atoms with Gasteiger partial charge in [-0.1, -0.05) is 6.92 Å². The van der Waals surface area contributed by atoms with Crippen LogP contribution in [0.15, 0.2) is 18.2 Å². The second kappa shape index (κ2) is 7.02. The van der Waals surface area contributed by atoms with E-state index >= 15 is 0 Å². The molecule has 2 atom stereocenters. The smallest absolute Gasteiger partial charge is 0.0670 e. The van der Waals surface area contributed by atoms with Gasteiger partial charge in [0.25, 0.3) is 0 Å². The van der Waals surface area contributed by atoms with E-state index in [2.05, 4.69) is 11.4 Å². The monoisotopic (exact) mass is 265 g/mol. The van der Waals surface area contributed by atoms with Crippen molar-refractivity contribution in [1.82, 2.24) is 0 Å². The summed E-state index contributed by atoms with van der Waals surface area (Å²) in [6.07, 6.45) is 2.89. The van der Waals surface area contributed by atoms with Crippen LogP contribution in [0.4, 0.5) is 11.4 Å². The Balaban J connectivity index is 2.55. The van der Waals surface area contributed by atoms with Crippen LogP contribution < -0.4 is 11.1 Å². The molecule has 1 aromatic carbocycles. The molecule has 0 aliphatic heterocycles. The molecule has 0 bridgehead atoms. The highest BCUT2D eigenvalue weighted by molar-refractivity contribution is 7.84. The number of nitrogen functional groups attached to an aromatic ring is 1. The van der Waals surface area contributed by atoms with Gasteiger partial charge < -0.3 is 11.1 Å². The van der Waals surface area contributed by atoms with Crippen molar-refractivity contribution in [3.8, 4) is 6.07 Å². The SMILES string of the molecule is CC(CCNc1ccc(N)c(CC#N)c1)S(C)=O. The fraction of sp³-hybridized carbons (Fsp3) is 0.462. The topological polar surface area (TPSA) is 78.9 Å². The van der Waals surface area contributed by atoms with E-state index < -0.39 is 10.8 Å². The average Bonchev–Trinajstić information content (AvgIpc) is 2.33. The number of rotatable bonds is 6. The minimum atomic E-state index is -0.782. The Kier molecular flexibility index (Phi) is 5.66. The third-order valence-electron chi connectivity index (χ3n) is 2.86. The van der Waals surface area contributed by atoms with Crippen LogP contribution in [-0.2, 0) is 17.2 Å². The Morgan fingerprint density at radius 2 is 2.28 bits per heavy atom. The molecule has 0 fully saturated rings. The molecule has 0 spiro atoms. The Morgan fingerprint density at radius 3 is 2.89 bits per heavy atom. The van der Waals surface area contributed by atoms with E-state index in [1.807, 2.05) is 19.1 Å². The Bertz CT molecular complexity index is 468. The van der Waals surface area contributed by atoms with Gasteiger partial charge in [-0.05, 0) is 30.2 Å². The maximum atomic E-state index is 11.2. The van der Waals surface area contributed by atoms with E-state index in [9.17, 15) is 4.21 Å². The number of hydrogen-bond donors (Lipinski definition) is 2. The van der Waals surface area contributed by atoms with Crippen molar-refractivity contribution in [3.05, 3.63) is 23.8 Å². The van der Waals surface area contributed by atoms with Crippen molar-refractivity contribution >= 4 is 22.2 Å². The first-order valence-corrected chi connectivity index (χ1v) is 7.48. The molecule has 0 aliphatic rings. The summed E-state index contributed by atoms with van der Waals surface area (Å²) in [6.45, 7) is 2.73. The van der Waals surface area contributed by atoms with E-state index in [-0.39, 0.29) is 5.25 Å². The molecular weight excluding hydrogens is 246 g/mol. The highest BCUT2D eigenvalue weighted by Gasteiger charge is 2.06. The molecule has 0 saturated heterocycles. The van der Waals surface area contributed by atoms with Gasteiger partial charge in [-0.25, -0.2) is 0 Å². The fourth-order valence-electron chi connectivity index (χ4n) is 1.54. The molecule has 5 heteroatoms. The van der Waals surface area contributed by atoms with Crippen molar-refractivity contribution in [1.29, 1.82) is 5.26 Å². The lowest BCUT2D eigenvalue weighted by atomic mass is 10.1. The number of hydrogen-bond acceptors (Lipinski definition) is 4. The Hall–Kier alpha value is -1.54. The number of nitrogens with two attached hydrogens (primary N) is 1. The van der Waals surface area contributed by atoms with Gasteiger partial charge in [-0.3, -0.25) is 4.21 Å². The van der Waals surface area contributed by atoms with Gasteiger partial charge >= 0.3 is 0 Å². The third kappa shape index (κ3) is 4.38. The zero-order valence-electron chi connectivity index (χ0n) is 10.8. The number of anilines is 2. The van der Waals surface area contributed by atoms with Gasteiger partial charge in [-0.15, -0.1) is 0 Å². The van der Waals surface area contributed by atoms with Gasteiger partial charge in [0, 0.05) is 40.2 Å². The van der Waals surface area contributed by atoms with E-state index in [1.54, 1.807) is 12.3 Å². The molecule has 1 aromatic rings. The van der Waals surface area contributed by atoms with Crippen molar-refractivity contribution in [2.75, 3.05) is 23.9 Å². The summed E-state index contributed by atoms with van der Waals surface area (Å²) < 4.78 is 11.2. The van der Waals surface area contributed by atoms with Crippen LogP contribution in [0.25, 0.3) is 0 Å². The number of nitrogens with zero attached hydrogens (tertiary/aromatic N) is 1. The molecule has 0 radical (unpaired) electrons. The van der Waals surface area contributed by atoms with Gasteiger partial charge in [0.15, 0.2) is 0 Å². The zero-order valence-corrected chi connectivity index (χ0v) is 11.6. The zero-order chi connectivity index (χ0) is 13.5. The molecule has 0 saturated carbocycles. The van der Waals surface area contributed by atoms with Gasteiger partial charge in [-0.2, -0.15) is 5.26 Å². The van der Waals surface area contributed by atoms with Crippen LogP contribution in [0.1, 0.15) is 18.9 Å². The lowest BCUT2D eigenvalue weighted by molar-refractivity contribution is 0.672. The Morgan fingerprint density at radius 1 is 1.56 bits per heavy atom. The summed E-state index contributed by atoms with van der Waals surface area (Å²) in [7, 11) is -0.782. The summed E-state index contributed by atoms with van der Waals surface area (Å²) >= 11 is 0. The number of benzene rings is 1. The minimum Gasteiger partial charge on any atom is -0.398 e. The second-order valence-electron chi connectivity index (χ2n) is 4.27. The highest BCUT2D eigenvalue weighted by atomic mass is 32.2. The van der Waals surface area contributed by atoms with Crippen LogP contribution in [0.5, 0.6) is 0 Å². The number of nitriles is 1. The molecule has 0 amide bonds.